The largest absolute Gasteiger partial charge is 0.307 e. The van der Waals surface area contributed by atoms with Gasteiger partial charge in [0.2, 0.25) is 0 Å². The lowest BCUT2D eigenvalue weighted by Gasteiger charge is -2.17. The van der Waals surface area contributed by atoms with Crippen molar-refractivity contribution in [1.29, 1.82) is 0 Å². The van der Waals surface area contributed by atoms with E-state index >= 15 is 0 Å². The van der Waals surface area contributed by atoms with E-state index in [1.54, 1.807) is 0 Å². The maximum absolute atomic E-state index is 5.12. The Kier molecular flexibility index (Phi) is 5.08. The molecule has 0 spiro atoms. The Hall–Kier alpha value is -6.52. The van der Waals surface area contributed by atoms with E-state index in [0.717, 1.165) is 55.0 Å². The molecule has 0 aliphatic heterocycles. The molecule has 0 unspecified atom stereocenters. The van der Waals surface area contributed by atoms with Crippen LogP contribution in [0.1, 0.15) is 0 Å². The van der Waals surface area contributed by atoms with E-state index in [4.69, 9.17) is 9.97 Å². The lowest BCUT2D eigenvalue weighted by molar-refractivity contribution is 1.16. The van der Waals surface area contributed by atoms with Gasteiger partial charge in [-0.2, -0.15) is 0 Å². The van der Waals surface area contributed by atoms with Crippen molar-refractivity contribution in [3.63, 3.8) is 0 Å². The average molecular weight is 611 g/mol. The van der Waals surface area contributed by atoms with Crippen molar-refractivity contribution in [3.8, 4) is 11.4 Å². The third-order valence-electron chi connectivity index (χ3n) is 10.1. The number of hydrogen-bond acceptors (Lipinski definition) is 2. The first-order chi connectivity index (χ1) is 23.9. The number of aromatic nitrogens is 4. The fraction of sp³-hybridized carbons (Fsp3) is 0. The van der Waals surface area contributed by atoms with Gasteiger partial charge in [0.05, 0.1) is 38.8 Å². The van der Waals surface area contributed by atoms with E-state index in [1.807, 2.05) is 18.5 Å². The summed E-state index contributed by atoms with van der Waals surface area (Å²) in [6.07, 6.45) is 3.85. The van der Waals surface area contributed by atoms with Crippen LogP contribution >= 0.6 is 0 Å². The first-order valence-electron chi connectivity index (χ1n) is 16.4. The van der Waals surface area contributed by atoms with Gasteiger partial charge >= 0.3 is 0 Å². The molecule has 11 aromatic rings. The number of fused-ring (bicyclic) bond motifs is 16. The highest BCUT2D eigenvalue weighted by Gasteiger charge is 2.26. The Bertz CT molecular complexity index is 3070. The summed E-state index contributed by atoms with van der Waals surface area (Å²) in [6, 6.07) is 52.3. The molecule has 48 heavy (non-hydrogen) atoms. The van der Waals surface area contributed by atoms with Crippen molar-refractivity contribution in [2.45, 2.75) is 0 Å². The van der Waals surface area contributed by atoms with Crippen molar-refractivity contribution in [2.24, 2.45) is 0 Å². The number of benzene rings is 7. The van der Waals surface area contributed by atoms with Crippen molar-refractivity contribution in [2.75, 3.05) is 0 Å². The summed E-state index contributed by atoms with van der Waals surface area (Å²) in [7, 11) is 0. The summed E-state index contributed by atoms with van der Waals surface area (Å²) >= 11 is 0. The summed E-state index contributed by atoms with van der Waals surface area (Å²) in [6.45, 7) is 0. The standard InChI is InChI=1S/C44H26N4/c1-2-13-27(14-3-1)47-35-22-8-6-17-32(35)38-34-21-12-26-46-42(34)40-33-18-7-9-23-36(33)48(44(40)43(38)47)37-24-10-19-30-28-15-4-5-16-29(28)31-20-11-25-45-41(31)39(30)37/h1-26H. The number of pyridine rings is 2. The molecular formula is C44H26N4. The molecule has 0 saturated carbocycles. The topological polar surface area (TPSA) is 35.6 Å². The molecule has 0 aliphatic carbocycles. The molecule has 0 fully saturated rings. The van der Waals surface area contributed by atoms with Crippen LogP contribution in [0.25, 0.3) is 98.3 Å². The van der Waals surface area contributed by atoms with Crippen LogP contribution in [0.2, 0.25) is 0 Å². The van der Waals surface area contributed by atoms with Crippen LogP contribution in [0, 0.1) is 0 Å². The molecule has 222 valence electrons. The Morgan fingerprint density at radius 2 is 0.854 bits per heavy atom. The van der Waals surface area contributed by atoms with Crippen LogP contribution in [-0.4, -0.2) is 19.1 Å². The van der Waals surface area contributed by atoms with Crippen LogP contribution in [0.3, 0.4) is 0 Å². The van der Waals surface area contributed by atoms with Crippen molar-refractivity contribution in [1.82, 2.24) is 19.1 Å². The maximum atomic E-state index is 5.12. The lowest BCUT2D eigenvalue weighted by atomic mass is 9.96. The molecule has 4 aromatic heterocycles. The third kappa shape index (κ3) is 3.23. The highest BCUT2D eigenvalue weighted by molar-refractivity contribution is 6.36. The van der Waals surface area contributed by atoms with Crippen molar-refractivity contribution >= 4 is 87.0 Å². The smallest absolute Gasteiger partial charge is 0.0811 e. The maximum Gasteiger partial charge on any atom is 0.0811 e. The predicted molar refractivity (Wildman–Crippen MR) is 201 cm³/mol. The predicted octanol–water partition coefficient (Wildman–Crippen LogP) is 11.3. The Labute approximate surface area is 274 Å². The molecule has 11 rings (SSSR count). The second kappa shape index (κ2) is 9.50. The van der Waals surface area contributed by atoms with Crippen LogP contribution in [0.5, 0.6) is 0 Å². The van der Waals surface area contributed by atoms with Gasteiger partial charge in [-0.15, -0.1) is 0 Å². The van der Waals surface area contributed by atoms with Crippen LogP contribution in [0.4, 0.5) is 0 Å². The average Bonchev–Trinajstić information content (AvgIpc) is 3.69. The first kappa shape index (κ1) is 25.6. The Morgan fingerprint density at radius 3 is 1.60 bits per heavy atom. The summed E-state index contributed by atoms with van der Waals surface area (Å²) in [4.78, 5) is 10.2. The molecule has 0 amide bonds. The molecule has 4 heterocycles. The minimum atomic E-state index is 1.01. The highest BCUT2D eigenvalue weighted by Crippen LogP contribution is 2.47. The third-order valence-corrected chi connectivity index (χ3v) is 10.1. The first-order valence-corrected chi connectivity index (χ1v) is 16.4. The van der Waals surface area contributed by atoms with E-state index in [2.05, 4.69) is 149 Å². The summed E-state index contributed by atoms with van der Waals surface area (Å²) in [5, 5.41) is 11.9. The van der Waals surface area contributed by atoms with Gasteiger partial charge in [-0.1, -0.05) is 103 Å². The second-order valence-electron chi connectivity index (χ2n) is 12.5. The summed E-state index contributed by atoms with van der Waals surface area (Å²) in [5.41, 5.74) is 8.87. The van der Waals surface area contributed by atoms with E-state index in [1.165, 1.54) is 43.4 Å². The van der Waals surface area contributed by atoms with E-state index in [-0.39, 0.29) is 0 Å². The number of nitrogens with zero attached hydrogens (tertiary/aromatic N) is 4. The van der Waals surface area contributed by atoms with Crippen LogP contribution in [0.15, 0.2) is 158 Å². The summed E-state index contributed by atoms with van der Waals surface area (Å²) < 4.78 is 4.94. The SMILES string of the molecule is c1ccc(-n2c3ccccc3c3c4cccnc4c4c5ccccc5n(-c5cccc6c7ccccc7c7cccnc7c56)c4c32)cc1. The van der Waals surface area contributed by atoms with Crippen LogP contribution in [-0.2, 0) is 0 Å². The number of hydrogen-bond donors (Lipinski definition) is 0. The molecule has 4 nitrogen and oxygen atoms in total. The highest BCUT2D eigenvalue weighted by atomic mass is 15.0. The molecule has 0 aliphatic rings. The monoisotopic (exact) mass is 610 g/mol. The van der Waals surface area contributed by atoms with Gasteiger partial charge < -0.3 is 9.13 Å². The molecule has 0 radical (unpaired) electrons. The van der Waals surface area contributed by atoms with Crippen LogP contribution < -0.4 is 0 Å². The Morgan fingerprint density at radius 1 is 0.333 bits per heavy atom. The number of rotatable bonds is 2. The quantitative estimate of drug-likeness (QED) is 0.183. The van der Waals surface area contributed by atoms with Gasteiger partial charge in [0.15, 0.2) is 0 Å². The molecular weight excluding hydrogens is 585 g/mol. The molecule has 0 N–H and O–H groups in total. The lowest BCUT2D eigenvalue weighted by Crippen LogP contribution is -2.00. The Balaban J connectivity index is 1.48. The molecule has 4 heteroatoms. The van der Waals surface area contributed by atoms with Crippen molar-refractivity contribution < 1.29 is 0 Å². The van der Waals surface area contributed by atoms with Gasteiger partial charge in [0.25, 0.3) is 0 Å². The van der Waals surface area contributed by atoms with E-state index in [0.29, 0.717) is 0 Å². The zero-order chi connectivity index (χ0) is 31.3. The minimum absolute atomic E-state index is 1.01. The summed E-state index contributed by atoms with van der Waals surface area (Å²) in [5.74, 6) is 0. The van der Waals surface area contributed by atoms with Crippen molar-refractivity contribution in [3.05, 3.63) is 158 Å². The fourth-order valence-electron chi connectivity index (χ4n) is 8.32. The molecule has 0 atom stereocenters. The molecule has 0 saturated heterocycles. The van der Waals surface area contributed by atoms with Gasteiger partial charge in [-0.25, -0.2) is 0 Å². The van der Waals surface area contributed by atoms with E-state index in [9.17, 15) is 0 Å². The minimum Gasteiger partial charge on any atom is -0.307 e. The molecule has 0 bridgehead atoms. The number of para-hydroxylation sites is 3. The van der Waals surface area contributed by atoms with Gasteiger partial charge in [0.1, 0.15) is 0 Å². The zero-order valence-electron chi connectivity index (χ0n) is 25.8. The normalized spacial score (nSPS) is 12.2. The van der Waals surface area contributed by atoms with Gasteiger partial charge in [0, 0.05) is 55.8 Å². The van der Waals surface area contributed by atoms with Gasteiger partial charge in [-0.05, 0) is 58.6 Å². The van der Waals surface area contributed by atoms with E-state index < -0.39 is 0 Å². The van der Waals surface area contributed by atoms with Gasteiger partial charge in [-0.3, -0.25) is 9.97 Å². The second-order valence-corrected chi connectivity index (χ2v) is 12.5. The fourth-order valence-corrected chi connectivity index (χ4v) is 8.32. The molecule has 7 aromatic carbocycles. The zero-order valence-corrected chi connectivity index (χ0v) is 25.8.